The number of epoxide rings is 1. The number of ether oxygens (including phenoxy) is 1. The largest absolute Gasteiger partial charge is 0.481 e. The van der Waals surface area contributed by atoms with Crippen LogP contribution in [0.25, 0.3) is 0 Å². The fraction of sp³-hybridized carbons (Fsp3) is 0.857. The molecule has 0 bridgehead atoms. The van der Waals surface area contributed by atoms with Gasteiger partial charge in [-0.15, -0.1) is 0 Å². The molecule has 3 nitrogen and oxygen atoms in total. The summed E-state index contributed by atoms with van der Waals surface area (Å²) in [5, 5.41) is 8.38. The standard InChI is InChI=1S/C7H12O3/c1-5(3-7(8)9)2-6-4-10-6/h5-6H,2-4H2,1H3,(H,8,9). The van der Waals surface area contributed by atoms with Crippen molar-refractivity contribution in [2.45, 2.75) is 25.9 Å². The van der Waals surface area contributed by atoms with Crippen molar-refractivity contribution in [2.75, 3.05) is 6.61 Å². The zero-order chi connectivity index (χ0) is 7.56. The van der Waals surface area contributed by atoms with Gasteiger partial charge in [-0.3, -0.25) is 4.79 Å². The molecule has 2 atom stereocenters. The first-order valence-corrected chi connectivity index (χ1v) is 3.52. The molecule has 1 aliphatic rings. The molecule has 0 spiro atoms. The fourth-order valence-electron chi connectivity index (χ4n) is 1.03. The van der Waals surface area contributed by atoms with Crippen molar-refractivity contribution in [3.63, 3.8) is 0 Å². The Kier molecular flexibility index (Phi) is 2.27. The Morgan fingerprint density at radius 3 is 2.90 bits per heavy atom. The summed E-state index contributed by atoms with van der Waals surface area (Å²) in [6, 6.07) is 0. The number of carbonyl (C=O) groups is 1. The van der Waals surface area contributed by atoms with E-state index >= 15 is 0 Å². The average molecular weight is 144 g/mol. The van der Waals surface area contributed by atoms with Crippen LogP contribution in [0.3, 0.4) is 0 Å². The highest BCUT2D eigenvalue weighted by atomic mass is 16.6. The van der Waals surface area contributed by atoms with E-state index in [1.54, 1.807) is 0 Å². The summed E-state index contributed by atoms with van der Waals surface area (Å²) in [7, 11) is 0. The van der Waals surface area contributed by atoms with Crippen LogP contribution in [0.5, 0.6) is 0 Å². The van der Waals surface area contributed by atoms with Gasteiger partial charge < -0.3 is 9.84 Å². The highest BCUT2D eigenvalue weighted by molar-refractivity contribution is 5.66. The molecule has 0 radical (unpaired) electrons. The molecule has 0 saturated carbocycles. The lowest BCUT2D eigenvalue weighted by Gasteiger charge is -2.03. The van der Waals surface area contributed by atoms with Gasteiger partial charge in [0, 0.05) is 6.42 Å². The lowest BCUT2D eigenvalue weighted by atomic mass is 10.0. The topological polar surface area (TPSA) is 49.8 Å². The van der Waals surface area contributed by atoms with Crippen molar-refractivity contribution in [3.05, 3.63) is 0 Å². The Hall–Kier alpha value is -0.570. The first-order chi connectivity index (χ1) is 4.68. The van der Waals surface area contributed by atoms with Gasteiger partial charge in [0.05, 0.1) is 12.7 Å². The summed E-state index contributed by atoms with van der Waals surface area (Å²) in [5.74, 6) is -0.460. The third kappa shape index (κ3) is 2.82. The Labute approximate surface area is 60.0 Å². The van der Waals surface area contributed by atoms with Crippen LogP contribution in [0.2, 0.25) is 0 Å². The Balaban J connectivity index is 2.07. The molecule has 1 fully saturated rings. The van der Waals surface area contributed by atoms with Gasteiger partial charge in [0.25, 0.3) is 0 Å². The van der Waals surface area contributed by atoms with E-state index in [9.17, 15) is 4.79 Å². The minimum absolute atomic E-state index is 0.255. The van der Waals surface area contributed by atoms with Crippen LogP contribution >= 0.6 is 0 Å². The molecule has 0 amide bonds. The Morgan fingerprint density at radius 2 is 2.50 bits per heavy atom. The molecule has 58 valence electrons. The van der Waals surface area contributed by atoms with Crippen molar-refractivity contribution >= 4 is 5.97 Å². The van der Waals surface area contributed by atoms with E-state index in [2.05, 4.69) is 0 Å². The second-order valence-corrected chi connectivity index (χ2v) is 2.89. The molecule has 1 N–H and O–H groups in total. The third-order valence-corrected chi connectivity index (χ3v) is 1.59. The highest BCUT2D eigenvalue weighted by Gasteiger charge is 2.25. The van der Waals surface area contributed by atoms with Gasteiger partial charge >= 0.3 is 5.97 Å². The fourth-order valence-corrected chi connectivity index (χ4v) is 1.03. The van der Waals surface area contributed by atoms with E-state index < -0.39 is 5.97 Å². The zero-order valence-electron chi connectivity index (χ0n) is 6.04. The van der Waals surface area contributed by atoms with Crippen LogP contribution in [0.4, 0.5) is 0 Å². The molecule has 2 unspecified atom stereocenters. The quantitative estimate of drug-likeness (QED) is 0.596. The van der Waals surface area contributed by atoms with Crippen LogP contribution in [-0.4, -0.2) is 23.8 Å². The van der Waals surface area contributed by atoms with Gasteiger partial charge in [0.2, 0.25) is 0 Å². The second kappa shape index (κ2) is 3.01. The van der Waals surface area contributed by atoms with Gasteiger partial charge in [0.15, 0.2) is 0 Å². The lowest BCUT2D eigenvalue weighted by Crippen LogP contribution is -2.06. The van der Waals surface area contributed by atoms with Crippen molar-refractivity contribution in [2.24, 2.45) is 5.92 Å². The molecule has 1 rings (SSSR count). The van der Waals surface area contributed by atoms with Gasteiger partial charge in [0.1, 0.15) is 0 Å². The van der Waals surface area contributed by atoms with E-state index in [0.29, 0.717) is 6.10 Å². The van der Waals surface area contributed by atoms with Crippen molar-refractivity contribution in [3.8, 4) is 0 Å². The first-order valence-electron chi connectivity index (χ1n) is 3.52. The first kappa shape index (κ1) is 7.54. The van der Waals surface area contributed by atoms with Crippen molar-refractivity contribution < 1.29 is 14.6 Å². The van der Waals surface area contributed by atoms with E-state index in [4.69, 9.17) is 9.84 Å². The molecular formula is C7H12O3. The maximum atomic E-state index is 10.2. The summed E-state index contributed by atoms with van der Waals surface area (Å²) in [6.07, 6.45) is 1.51. The molecule has 1 heterocycles. The average Bonchev–Trinajstić information content (AvgIpc) is 2.46. The molecule has 1 saturated heterocycles. The second-order valence-electron chi connectivity index (χ2n) is 2.89. The van der Waals surface area contributed by atoms with E-state index in [1.807, 2.05) is 6.92 Å². The van der Waals surface area contributed by atoms with Crippen LogP contribution in [0, 0.1) is 5.92 Å². The predicted molar refractivity (Wildman–Crippen MR) is 35.8 cm³/mol. The molecule has 0 aliphatic carbocycles. The number of rotatable bonds is 4. The molecule has 10 heavy (non-hydrogen) atoms. The van der Waals surface area contributed by atoms with Crippen LogP contribution < -0.4 is 0 Å². The number of hydrogen-bond donors (Lipinski definition) is 1. The smallest absolute Gasteiger partial charge is 0.303 e. The van der Waals surface area contributed by atoms with Crippen molar-refractivity contribution in [1.82, 2.24) is 0 Å². The normalized spacial score (nSPS) is 25.9. The minimum Gasteiger partial charge on any atom is -0.481 e. The number of aliphatic carboxylic acids is 1. The highest BCUT2D eigenvalue weighted by Crippen LogP contribution is 2.20. The van der Waals surface area contributed by atoms with Gasteiger partial charge in [-0.2, -0.15) is 0 Å². The summed E-state index contributed by atoms with van der Waals surface area (Å²) in [5.41, 5.74) is 0. The Morgan fingerprint density at radius 1 is 1.90 bits per heavy atom. The maximum absolute atomic E-state index is 10.2. The van der Waals surface area contributed by atoms with E-state index in [0.717, 1.165) is 13.0 Å². The van der Waals surface area contributed by atoms with Gasteiger partial charge in [-0.25, -0.2) is 0 Å². The molecule has 0 aromatic rings. The minimum atomic E-state index is -0.715. The van der Waals surface area contributed by atoms with Gasteiger partial charge in [-0.05, 0) is 12.3 Å². The summed E-state index contributed by atoms with van der Waals surface area (Å²) < 4.78 is 4.97. The monoisotopic (exact) mass is 144 g/mol. The molecule has 3 heteroatoms. The number of carboxylic acid groups (broad SMARTS) is 1. The molecule has 0 aromatic heterocycles. The zero-order valence-corrected chi connectivity index (χ0v) is 6.04. The summed E-state index contributed by atoms with van der Waals surface area (Å²) >= 11 is 0. The van der Waals surface area contributed by atoms with Crippen molar-refractivity contribution in [1.29, 1.82) is 0 Å². The van der Waals surface area contributed by atoms with Crippen LogP contribution in [-0.2, 0) is 9.53 Å². The molecule has 0 aromatic carbocycles. The maximum Gasteiger partial charge on any atom is 0.303 e. The number of carboxylic acids is 1. The SMILES string of the molecule is CC(CC(=O)O)CC1CO1. The van der Waals surface area contributed by atoms with E-state index in [-0.39, 0.29) is 12.3 Å². The molecular weight excluding hydrogens is 132 g/mol. The Bertz CT molecular complexity index is 129. The third-order valence-electron chi connectivity index (χ3n) is 1.59. The number of hydrogen-bond acceptors (Lipinski definition) is 2. The summed E-state index contributed by atoms with van der Waals surface area (Å²) in [6.45, 7) is 2.76. The van der Waals surface area contributed by atoms with Crippen LogP contribution in [0.1, 0.15) is 19.8 Å². The lowest BCUT2D eigenvalue weighted by molar-refractivity contribution is -0.138. The molecule has 1 aliphatic heterocycles. The van der Waals surface area contributed by atoms with Gasteiger partial charge in [-0.1, -0.05) is 6.92 Å². The summed E-state index contributed by atoms with van der Waals surface area (Å²) in [4.78, 5) is 10.2. The van der Waals surface area contributed by atoms with E-state index in [1.165, 1.54) is 0 Å². The van der Waals surface area contributed by atoms with Crippen LogP contribution in [0.15, 0.2) is 0 Å². The predicted octanol–water partition coefficient (Wildman–Crippen LogP) is 0.886.